The largest absolute Gasteiger partial charge is 0.461 e. The minimum atomic E-state index is -0.390. The smallest absolute Gasteiger partial charge is 0.319 e. The maximum Gasteiger partial charge on any atom is 0.319 e. The summed E-state index contributed by atoms with van der Waals surface area (Å²) in [6.45, 7) is 4.44. The first kappa shape index (κ1) is 18.2. The molecule has 2 N–H and O–H groups in total. The normalized spacial score (nSPS) is 10.7. The molecule has 3 rings (SSSR count). The minimum Gasteiger partial charge on any atom is -0.461 e. The van der Waals surface area contributed by atoms with Crippen molar-refractivity contribution in [3.63, 3.8) is 0 Å². The van der Waals surface area contributed by atoms with Gasteiger partial charge in [0.1, 0.15) is 17.0 Å². The number of nitrogens with zero attached hydrogens (tertiary/aromatic N) is 4. The van der Waals surface area contributed by atoms with Gasteiger partial charge in [0.2, 0.25) is 5.13 Å². The Morgan fingerprint density at radius 1 is 1.31 bits per heavy atom. The third-order valence-electron chi connectivity index (χ3n) is 3.12. The van der Waals surface area contributed by atoms with Gasteiger partial charge in [-0.15, -0.1) is 21.5 Å². The number of amides is 1. The van der Waals surface area contributed by atoms with Crippen LogP contribution in [0.2, 0.25) is 0 Å². The van der Waals surface area contributed by atoms with Crippen molar-refractivity contribution in [2.24, 2.45) is 0 Å². The highest BCUT2D eigenvalue weighted by atomic mass is 32.1. The van der Waals surface area contributed by atoms with Gasteiger partial charge in [-0.1, -0.05) is 17.4 Å². The lowest BCUT2D eigenvalue weighted by atomic mass is 10.3. The number of rotatable bonds is 8. The second-order valence-electron chi connectivity index (χ2n) is 5.54. The van der Waals surface area contributed by atoms with Crippen molar-refractivity contribution in [1.29, 1.82) is 0 Å². The van der Waals surface area contributed by atoms with Gasteiger partial charge < -0.3 is 10.1 Å². The molecule has 0 spiro atoms. The molecule has 0 radical (unpaired) electrons. The van der Waals surface area contributed by atoms with Crippen LogP contribution in [0.5, 0.6) is 6.01 Å². The van der Waals surface area contributed by atoms with Crippen LogP contribution in [0, 0.1) is 0 Å². The molecule has 0 atom stereocenters. The van der Waals surface area contributed by atoms with Crippen molar-refractivity contribution in [1.82, 2.24) is 20.2 Å². The van der Waals surface area contributed by atoms with E-state index in [4.69, 9.17) is 4.74 Å². The number of carbonyl (C=O) groups excluding carboxylic acids is 1. The van der Waals surface area contributed by atoms with Crippen molar-refractivity contribution in [2.75, 3.05) is 17.2 Å². The Morgan fingerprint density at radius 3 is 2.88 bits per heavy atom. The van der Waals surface area contributed by atoms with Crippen molar-refractivity contribution in [3.05, 3.63) is 39.7 Å². The molecule has 0 aliphatic heterocycles. The molecule has 0 aliphatic rings. The third kappa shape index (κ3) is 5.20. The lowest BCUT2D eigenvalue weighted by molar-refractivity contribution is 0.101. The molecule has 0 unspecified atom stereocenters. The second-order valence-corrected chi connectivity index (χ2v) is 7.41. The quantitative estimate of drug-likeness (QED) is 0.609. The summed E-state index contributed by atoms with van der Waals surface area (Å²) in [4.78, 5) is 22.2. The number of aromatic nitrogens is 4. The summed E-state index contributed by atoms with van der Waals surface area (Å²) in [5, 5.41) is 15.8. The Labute approximate surface area is 158 Å². The van der Waals surface area contributed by atoms with E-state index in [0.29, 0.717) is 17.5 Å². The lowest BCUT2D eigenvalue weighted by Crippen LogP contribution is -2.17. The van der Waals surface area contributed by atoms with Crippen molar-refractivity contribution < 1.29 is 9.53 Å². The fourth-order valence-corrected chi connectivity index (χ4v) is 3.20. The molecule has 8 nitrogen and oxygen atoms in total. The average Bonchev–Trinajstić information content (AvgIpc) is 3.28. The zero-order valence-corrected chi connectivity index (χ0v) is 15.9. The number of thiophene rings is 1. The van der Waals surface area contributed by atoms with Gasteiger partial charge in [0.05, 0.1) is 6.10 Å². The SMILES string of the molecule is CC(C)Oc1nc(NCCc2cccs2)cc(C(=O)Nc2nncs2)n1. The molecule has 3 aromatic heterocycles. The highest BCUT2D eigenvalue weighted by Crippen LogP contribution is 2.16. The molecule has 1 amide bonds. The number of hydrogen-bond donors (Lipinski definition) is 2. The first-order chi connectivity index (χ1) is 12.6. The zero-order valence-electron chi connectivity index (χ0n) is 14.3. The summed E-state index contributed by atoms with van der Waals surface area (Å²) in [7, 11) is 0. The molecule has 136 valence electrons. The summed E-state index contributed by atoms with van der Waals surface area (Å²) in [5.74, 6) is 0.147. The first-order valence-electron chi connectivity index (χ1n) is 7.99. The van der Waals surface area contributed by atoms with E-state index >= 15 is 0 Å². The van der Waals surface area contributed by atoms with Crippen LogP contribution in [0.25, 0.3) is 0 Å². The summed E-state index contributed by atoms with van der Waals surface area (Å²) in [6, 6.07) is 5.86. The Hall–Kier alpha value is -2.59. The van der Waals surface area contributed by atoms with Crippen LogP contribution in [-0.4, -0.2) is 38.7 Å². The highest BCUT2D eigenvalue weighted by Gasteiger charge is 2.15. The van der Waals surface area contributed by atoms with E-state index in [1.165, 1.54) is 16.2 Å². The maximum atomic E-state index is 12.4. The van der Waals surface area contributed by atoms with Gasteiger partial charge >= 0.3 is 6.01 Å². The maximum absolute atomic E-state index is 12.4. The van der Waals surface area contributed by atoms with Gasteiger partial charge in [-0.3, -0.25) is 10.1 Å². The highest BCUT2D eigenvalue weighted by molar-refractivity contribution is 7.13. The molecule has 26 heavy (non-hydrogen) atoms. The van der Waals surface area contributed by atoms with Crippen LogP contribution in [0.3, 0.4) is 0 Å². The number of nitrogens with one attached hydrogen (secondary N) is 2. The molecule has 0 saturated carbocycles. The Bertz CT molecular complexity index is 837. The molecule has 0 aliphatic carbocycles. The summed E-state index contributed by atoms with van der Waals surface area (Å²) in [5.41, 5.74) is 1.74. The molecule has 0 bridgehead atoms. The number of hydrogen-bond acceptors (Lipinski definition) is 9. The first-order valence-corrected chi connectivity index (χ1v) is 9.75. The fraction of sp³-hybridized carbons (Fsp3) is 0.312. The number of carbonyl (C=O) groups is 1. The summed E-state index contributed by atoms with van der Waals surface area (Å²) in [6.07, 6.45) is 0.768. The van der Waals surface area contributed by atoms with Crippen molar-refractivity contribution in [3.8, 4) is 6.01 Å². The number of anilines is 2. The van der Waals surface area contributed by atoms with Crippen LogP contribution in [0.1, 0.15) is 29.2 Å². The average molecular weight is 390 g/mol. The fourth-order valence-electron chi connectivity index (χ4n) is 2.05. The second kappa shape index (κ2) is 8.68. The monoisotopic (exact) mass is 390 g/mol. The zero-order chi connectivity index (χ0) is 18.4. The Morgan fingerprint density at radius 2 is 2.19 bits per heavy atom. The molecule has 0 aromatic carbocycles. The van der Waals surface area contributed by atoms with Crippen LogP contribution in [0.15, 0.2) is 29.1 Å². The minimum absolute atomic E-state index is 0.101. The standard InChI is InChI=1S/C16H18N6O2S2/c1-10(2)24-15-19-12(14(23)21-16-22-18-9-26-16)8-13(20-15)17-6-5-11-4-3-7-25-11/h3-4,7-10H,5-6H2,1-2H3,(H,17,19,20)(H,21,22,23). The molecule has 3 aromatic rings. The molecular weight excluding hydrogens is 372 g/mol. The van der Waals surface area contributed by atoms with E-state index in [1.54, 1.807) is 22.9 Å². The summed E-state index contributed by atoms with van der Waals surface area (Å²) < 4.78 is 5.57. The molecule has 0 saturated heterocycles. The summed E-state index contributed by atoms with van der Waals surface area (Å²) >= 11 is 2.94. The van der Waals surface area contributed by atoms with Gasteiger partial charge in [0.15, 0.2) is 0 Å². The van der Waals surface area contributed by atoms with E-state index < -0.39 is 0 Å². The molecule has 3 heterocycles. The third-order valence-corrected chi connectivity index (χ3v) is 4.66. The predicted molar refractivity (Wildman–Crippen MR) is 102 cm³/mol. The van der Waals surface area contributed by atoms with Crippen molar-refractivity contribution >= 4 is 39.5 Å². The van der Waals surface area contributed by atoms with Gasteiger partial charge in [-0.2, -0.15) is 9.97 Å². The van der Waals surface area contributed by atoms with Crippen molar-refractivity contribution in [2.45, 2.75) is 26.4 Å². The Balaban J connectivity index is 1.73. The van der Waals surface area contributed by atoms with E-state index in [9.17, 15) is 4.79 Å². The van der Waals surface area contributed by atoms with Gasteiger partial charge in [-0.05, 0) is 31.7 Å². The van der Waals surface area contributed by atoms with Crippen LogP contribution in [-0.2, 0) is 6.42 Å². The van der Waals surface area contributed by atoms with Gasteiger partial charge in [0, 0.05) is 17.5 Å². The molecule has 10 heteroatoms. The lowest BCUT2D eigenvalue weighted by Gasteiger charge is -2.12. The van der Waals surface area contributed by atoms with Gasteiger partial charge in [-0.25, -0.2) is 0 Å². The van der Waals surface area contributed by atoms with E-state index in [-0.39, 0.29) is 23.7 Å². The predicted octanol–water partition coefficient (Wildman–Crippen LogP) is 3.08. The Kier molecular flexibility index (Phi) is 6.08. The van der Waals surface area contributed by atoms with Crippen LogP contribution in [0.4, 0.5) is 10.9 Å². The van der Waals surface area contributed by atoms with Crippen LogP contribution < -0.4 is 15.4 Å². The molecular formula is C16H18N6O2S2. The molecule has 0 fully saturated rings. The topological polar surface area (TPSA) is 102 Å². The van der Waals surface area contributed by atoms with E-state index in [0.717, 1.165) is 6.42 Å². The van der Waals surface area contributed by atoms with E-state index in [1.807, 2.05) is 25.3 Å². The van der Waals surface area contributed by atoms with Gasteiger partial charge in [0.25, 0.3) is 5.91 Å². The number of ether oxygens (including phenoxy) is 1. The van der Waals surface area contributed by atoms with Crippen LogP contribution >= 0.6 is 22.7 Å². The van der Waals surface area contributed by atoms with E-state index in [2.05, 4.69) is 36.9 Å².